The Hall–Kier alpha value is -3.48. The third-order valence-corrected chi connectivity index (χ3v) is 4.34. The molecular formula is C21H21N3O4. The van der Waals surface area contributed by atoms with Crippen LogP contribution in [0.25, 0.3) is 11.1 Å². The summed E-state index contributed by atoms with van der Waals surface area (Å²) in [6.07, 6.45) is 0.478. The standard InChI is InChI=1S/C21H21N3O4/c1-3-28-21(27)16-13-15(14-7-5-4-6-8-14)9-10-17(16)22-20(26)18-11-12-19(25)24(2)23-18/h4-10,13H,3,11-12H2,1-2H3,(H,22,26). The molecule has 0 spiro atoms. The van der Waals surface area contributed by atoms with Gasteiger partial charge in [-0.25, -0.2) is 9.80 Å². The number of anilines is 1. The summed E-state index contributed by atoms with van der Waals surface area (Å²) in [7, 11) is 1.51. The van der Waals surface area contributed by atoms with Crippen molar-refractivity contribution in [3.05, 3.63) is 54.1 Å². The molecule has 1 N–H and O–H groups in total. The molecule has 0 saturated heterocycles. The summed E-state index contributed by atoms with van der Waals surface area (Å²) in [4.78, 5) is 36.6. The average molecular weight is 379 g/mol. The number of hydrogen-bond donors (Lipinski definition) is 1. The molecule has 28 heavy (non-hydrogen) atoms. The third-order valence-electron chi connectivity index (χ3n) is 4.34. The van der Waals surface area contributed by atoms with Crippen LogP contribution in [0.3, 0.4) is 0 Å². The predicted molar refractivity (Wildman–Crippen MR) is 106 cm³/mol. The van der Waals surface area contributed by atoms with Gasteiger partial charge >= 0.3 is 5.97 Å². The molecule has 1 heterocycles. The number of amides is 2. The molecule has 2 aromatic carbocycles. The Morgan fingerprint density at radius 1 is 1.11 bits per heavy atom. The van der Waals surface area contributed by atoms with E-state index < -0.39 is 11.9 Å². The Morgan fingerprint density at radius 3 is 2.54 bits per heavy atom. The van der Waals surface area contributed by atoms with Gasteiger partial charge in [-0.05, 0) is 30.2 Å². The van der Waals surface area contributed by atoms with Crippen LogP contribution in [0.4, 0.5) is 5.69 Å². The van der Waals surface area contributed by atoms with E-state index in [1.54, 1.807) is 19.1 Å². The van der Waals surface area contributed by atoms with Gasteiger partial charge in [-0.15, -0.1) is 0 Å². The highest BCUT2D eigenvalue weighted by Gasteiger charge is 2.23. The van der Waals surface area contributed by atoms with Crippen molar-refractivity contribution in [1.82, 2.24) is 5.01 Å². The lowest BCUT2D eigenvalue weighted by molar-refractivity contribution is -0.130. The second-order valence-corrected chi connectivity index (χ2v) is 6.27. The SMILES string of the molecule is CCOC(=O)c1cc(-c2ccccc2)ccc1NC(=O)C1=NN(C)C(=O)CC1. The minimum absolute atomic E-state index is 0.143. The highest BCUT2D eigenvalue weighted by atomic mass is 16.5. The summed E-state index contributed by atoms with van der Waals surface area (Å²) in [5.74, 6) is -1.11. The zero-order chi connectivity index (χ0) is 20.1. The van der Waals surface area contributed by atoms with E-state index in [1.165, 1.54) is 7.05 Å². The number of benzene rings is 2. The van der Waals surface area contributed by atoms with Gasteiger partial charge in [0.05, 0.1) is 17.9 Å². The molecule has 0 unspecified atom stereocenters. The van der Waals surface area contributed by atoms with Crippen LogP contribution in [-0.2, 0) is 14.3 Å². The normalized spacial score (nSPS) is 13.7. The number of hydrogen-bond acceptors (Lipinski definition) is 5. The van der Waals surface area contributed by atoms with E-state index in [0.29, 0.717) is 5.69 Å². The first kappa shape index (κ1) is 19.3. The molecule has 7 heteroatoms. The number of rotatable bonds is 5. The molecule has 3 rings (SSSR count). The molecular weight excluding hydrogens is 358 g/mol. The maximum atomic E-state index is 12.6. The Bertz CT molecular complexity index is 938. The second-order valence-electron chi connectivity index (χ2n) is 6.27. The molecule has 0 aromatic heterocycles. The fraction of sp³-hybridized carbons (Fsp3) is 0.238. The van der Waals surface area contributed by atoms with Crippen molar-refractivity contribution >= 4 is 29.2 Å². The van der Waals surface area contributed by atoms with Gasteiger partial charge < -0.3 is 10.1 Å². The van der Waals surface area contributed by atoms with Gasteiger partial charge in [-0.1, -0.05) is 36.4 Å². The summed E-state index contributed by atoms with van der Waals surface area (Å²) in [5.41, 5.74) is 2.62. The zero-order valence-corrected chi connectivity index (χ0v) is 15.8. The molecule has 0 bridgehead atoms. The summed E-state index contributed by atoms with van der Waals surface area (Å²) in [5, 5.41) is 7.89. The molecule has 0 saturated carbocycles. The smallest absolute Gasteiger partial charge is 0.340 e. The largest absolute Gasteiger partial charge is 0.462 e. The maximum absolute atomic E-state index is 12.6. The van der Waals surface area contributed by atoms with Crippen LogP contribution in [0.5, 0.6) is 0 Å². The van der Waals surface area contributed by atoms with Crippen molar-refractivity contribution in [2.24, 2.45) is 5.10 Å². The van der Waals surface area contributed by atoms with Crippen LogP contribution in [0, 0.1) is 0 Å². The van der Waals surface area contributed by atoms with Crippen molar-refractivity contribution in [3.63, 3.8) is 0 Å². The van der Waals surface area contributed by atoms with Gasteiger partial charge in [0.2, 0.25) is 5.91 Å². The lowest BCUT2D eigenvalue weighted by atomic mass is 10.0. The molecule has 144 valence electrons. The molecule has 0 aliphatic carbocycles. The zero-order valence-electron chi connectivity index (χ0n) is 15.8. The van der Waals surface area contributed by atoms with Crippen LogP contribution >= 0.6 is 0 Å². The summed E-state index contributed by atoms with van der Waals surface area (Å²) in [6, 6.07) is 14.8. The Morgan fingerprint density at radius 2 is 1.86 bits per heavy atom. The Kier molecular flexibility index (Phi) is 5.84. The van der Waals surface area contributed by atoms with E-state index in [-0.39, 0.29) is 36.6 Å². The van der Waals surface area contributed by atoms with Crippen LogP contribution in [0.1, 0.15) is 30.1 Å². The first-order valence-electron chi connectivity index (χ1n) is 9.01. The number of esters is 1. The first-order chi connectivity index (χ1) is 13.5. The maximum Gasteiger partial charge on any atom is 0.340 e. The van der Waals surface area contributed by atoms with E-state index >= 15 is 0 Å². The van der Waals surface area contributed by atoms with Crippen molar-refractivity contribution in [2.75, 3.05) is 19.0 Å². The van der Waals surface area contributed by atoms with E-state index in [2.05, 4.69) is 10.4 Å². The monoisotopic (exact) mass is 379 g/mol. The fourth-order valence-corrected chi connectivity index (χ4v) is 2.87. The first-order valence-corrected chi connectivity index (χ1v) is 9.01. The summed E-state index contributed by atoms with van der Waals surface area (Å²) in [6.45, 7) is 1.95. The molecule has 0 atom stereocenters. The minimum atomic E-state index is -0.520. The van der Waals surface area contributed by atoms with E-state index in [4.69, 9.17) is 4.74 Å². The van der Waals surface area contributed by atoms with Crippen molar-refractivity contribution in [2.45, 2.75) is 19.8 Å². The summed E-state index contributed by atoms with van der Waals surface area (Å²) < 4.78 is 5.14. The van der Waals surface area contributed by atoms with E-state index in [9.17, 15) is 14.4 Å². The number of ether oxygens (including phenoxy) is 1. The average Bonchev–Trinajstić information content (AvgIpc) is 2.71. The van der Waals surface area contributed by atoms with Crippen molar-refractivity contribution < 1.29 is 19.1 Å². The van der Waals surface area contributed by atoms with Crippen LogP contribution in [0.15, 0.2) is 53.6 Å². The van der Waals surface area contributed by atoms with Crippen LogP contribution in [-0.4, -0.2) is 42.2 Å². The molecule has 2 aromatic rings. The molecule has 0 radical (unpaired) electrons. The molecule has 0 fully saturated rings. The minimum Gasteiger partial charge on any atom is -0.462 e. The highest BCUT2D eigenvalue weighted by molar-refractivity contribution is 6.43. The number of carbonyl (C=O) groups excluding carboxylic acids is 3. The molecule has 2 amide bonds. The van der Waals surface area contributed by atoms with E-state index in [1.807, 2.05) is 36.4 Å². The van der Waals surface area contributed by atoms with Gasteiger partial charge in [0.25, 0.3) is 5.91 Å². The van der Waals surface area contributed by atoms with E-state index in [0.717, 1.165) is 16.1 Å². The second kappa shape index (κ2) is 8.47. The number of hydrazone groups is 1. The quantitative estimate of drug-likeness (QED) is 0.809. The number of nitrogens with one attached hydrogen (secondary N) is 1. The lowest BCUT2D eigenvalue weighted by Gasteiger charge is -2.19. The van der Waals surface area contributed by atoms with Crippen molar-refractivity contribution in [1.29, 1.82) is 0 Å². The number of carbonyl (C=O) groups is 3. The van der Waals surface area contributed by atoms with Gasteiger partial charge in [-0.3, -0.25) is 9.59 Å². The summed E-state index contributed by atoms with van der Waals surface area (Å²) >= 11 is 0. The molecule has 7 nitrogen and oxygen atoms in total. The Balaban J connectivity index is 1.91. The fourth-order valence-electron chi connectivity index (χ4n) is 2.87. The molecule has 1 aliphatic heterocycles. The van der Waals surface area contributed by atoms with Crippen LogP contribution in [0.2, 0.25) is 0 Å². The predicted octanol–water partition coefficient (Wildman–Crippen LogP) is 3.08. The van der Waals surface area contributed by atoms with Gasteiger partial charge in [0.1, 0.15) is 5.71 Å². The van der Waals surface area contributed by atoms with Crippen molar-refractivity contribution in [3.8, 4) is 11.1 Å². The van der Waals surface area contributed by atoms with Crippen LogP contribution < -0.4 is 5.32 Å². The highest BCUT2D eigenvalue weighted by Crippen LogP contribution is 2.26. The topological polar surface area (TPSA) is 88.1 Å². The Labute approximate surface area is 163 Å². The molecule has 1 aliphatic rings. The lowest BCUT2D eigenvalue weighted by Crippen LogP contribution is -2.34. The van der Waals surface area contributed by atoms with Gasteiger partial charge in [-0.2, -0.15) is 5.10 Å². The number of nitrogens with zero attached hydrogens (tertiary/aromatic N) is 2. The third kappa shape index (κ3) is 4.25. The van der Waals surface area contributed by atoms with Gasteiger partial charge in [0.15, 0.2) is 0 Å². The van der Waals surface area contributed by atoms with Gasteiger partial charge in [0, 0.05) is 19.9 Å².